The molecular formula is C21H16N3O6PS. The van der Waals surface area contributed by atoms with Gasteiger partial charge < -0.3 is 14.7 Å². The van der Waals surface area contributed by atoms with E-state index in [0.717, 1.165) is 0 Å². The van der Waals surface area contributed by atoms with E-state index in [9.17, 15) is 29.1 Å². The molecule has 0 radical (unpaired) electrons. The van der Waals surface area contributed by atoms with E-state index in [4.69, 9.17) is 0 Å². The van der Waals surface area contributed by atoms with Crippen molar-refractivity contribution in [1.82, 2.24) is 0 Å². The number of hydrogen-bond acceptors (Lipinski definition) is 6. The van der Waals surface area contributed by atoms with E-state index in [1.807, 2.05) is 0 Å². The van der Waals surface area contributed by atoms with Crippen LogP contribution in [0.1, 0.15) is 0 Å². The quantitative estimate of drug-likeness (QED) is 0.188. The van der Waals surface area contributed by atoms with Gasteiger partial charge in [0, 0.05) is 14.7 Å². The van der Waals surface area contributed by atoms with Crippen LogP contribution in [0.15, 0.2) is 102 Å². The summed E-state index contributed by atoms with van der Waals surface area (Å²) in [4.78, 5) is 77.7. The van der Waals surface area contributed by atoms with Gasteiger partial charge in [0.25, 0.3) is 6.72 Å². The molecule has 0 aliphatic carbocycles. The second-order valence-corrected chi connectivity index (χ2v) is 13.4. The Morgan fingerprint density at radius 2 is 0.844 bits per heavy atom. The van der Waals surface area contributed by atoms with Crippen molar-refractivity contribution < 1.29 is 29.1 Å². The highest BCUT2D eigenvalue weighted by molar-refractivity contribution is 8.39. The van der Waals surface area contributed by atoms with E-state index >= 15 is 0 Å². The van der Waals surface area contributed by atoms with E-state index in [0.29, 0.717) is 0 Å². The molecule has 162 valence electrons. The van der Waals surface area contributed by atoms with E-state index < -0.39 is 15.9 Å². The summed E-state index contributed by atoms with van der Waals surface area (Å²) in [6, 6.07) is 18.0. The molecule has 0 aliphatic heterocycles. The Morgan fingerprint density at radius 3 is 1.09 bits per heavy atom. The lowest BCUT2D eigenvalue weighted by atomic mass is 10.3. The Bertz CT molecular complexity index is 1250. The predicted octanol–water partition coefficient (Wildman–Crippen LogP) is 3.61. The first-order valence-electron chi connectivity index (χ1n) is 8.91. The van der Waals surface area contributed by atoms with Crippen molar-refractivity contribution >= 4 is 51.2 Å². The van der Waals surface area contributed by atoms with Crippen LogP contribution in [0, 0.1) is 0 Å². The Hall–Kier alpha value is -3.54. The summed E-state index contributed by atoms with van der Waals surface area (Å²) < 4.78 is 0. The predicted molar refractivity (Wildman–Crippen MR) is 120 cm³/mol. The minimum Gasteiger partial charge on any atom is -0.329 e. The zero-order valence-electron chi connectivity index (χ0n) is 16.2. The fourth-order valence-electron chi connectivity index (χ4n) is 3.47. The minimum atomic E-state index is -4.93. The second-order valence-electron chi connectivity index (χ2n) is 6.25. The van der Waals surface area contributed by atoms with Crippen LogP contribution in [0.2, 0.25) is 0 Å². The molecule has 0 aliphatic rings. The van der Waals surface area contributed by atoms with Gasteiger partial charge in [-0.1, -0.05) is 36.4 Å². The third kappa shape index (κ3) is 4.00. The van der Waals surface area contributed by atoms with Crippen LogP contribution >= 0.6 is 6.72 Å². The largest absolute Gasteiger partial charge is 0.329 e. The number of rotatable bonds is 6. The van der Waals surface area contributed by atoms with E-state index in [1.165, 1.54) is 54.6 Å². The van der Waals surface area contributed by atoms with Crippen LogP contribution in [0.4, 0.5) is 17.1 Å². The molecule has 0 fully saturated rings. The first-order chi connectivity index (χ1) is 15.4. The van der Waals surface area contributed by atoms with Gasteiger partial charge in [0.2, 0.25) is 18.2 Å². The number of benzene rings is 3. The summed E-state index contributed by atoms with van der Waals surface area (Å²) in [5.41, 5.74) is 0.0198. The first-order valence-corrected chi connectivity index (χ1v) is 13.0. The van der Waals surface area contributed by atoms with E-state index in [1.54, 1.807) is 36.4 Å². The monoisotopic (exact) mass is 469 g/mol. The molecule has 3 aromatic carbocycles. The maximum Gasteiger partial charge on any atom is 0.271 e. The molecule has 9 nitrogen and oxygen atoms in total. The molecule has 0 heterocycles. The molecule has 0 aromatic heterocycles. The van der Waals surface area contributed by atoms with Gasteiger partial charge in [-0.3, -0.25) is 0 Å². The smallest absolute Gasteiger partial charge is 0.271 e. The Labute approximate surface area is 182 Å². The maximum absolute atomic E-state index is 11.1. The van der Waals surface area contributed by atoms with Gasteiger partial charge >= 0.3 is 0 Å². The topological polar surface area (TPSA) is 149 Å². The summed E-state index contributed by atoms with van der Waals surface area (Å²) >= 11 is 0. The second kappa shape index (κ2) is 9.73. The first kappa shape index (κ1) is 23.1. The fraction of sp³-hybridized carbons (Fsp3) is 0. The van der Waals surface area contributed by atoms with Gasteiger partial charge in [-0.15, -0.1) is 9.21 Å². The normalized spacial score (nSPS) is 11.5. The number of hydrogen-bond donors (Lipinski definition) is 4. The Balaban J connectivity index is 2.77. The number of para-hydroxylation sites is 3. The minimum absolute atomic E-state index is 0.00660. The molecule has 0 unspecified atom stereocenters. The Kier molecular flexibility index (Phi) is 7.03. The summed E-state index contributed by atoms with van der Waals surface area (Å²) in [5, 5.41) is 0. The lowest BCUT2D eigenvalue weighted by Crippen LogP contribution is -2.17. The van der Waals surface area contributed by atoms with Gasteiger partial charge in [0.15, 0.2) is 0 Å². The van der Waals surface area contributed by atoms with Crippen LogP contribution in [0.3, 0.4) is 0 Å². The molecule has 3 N–H and O–H groups in total. The summed E-state index contributed by atoms with van der Waals surface area (Å²) in [6.45, 7) is -4.93. The van der Waals surface area contributed by atoms with Crippen LogP contribution in [-0.2, 0) is 23.6 Å². The van der Waals surface area contributed by atoms with Gasteiger partial charge in [0.05, 0.1) is 17.1 Å². The average molecular weight is 469 g/mol. The lowest BCUT2D eigenvalue weighted by Gasteiger charge is -2.37. The molecule has 0 spiro atoms. The fourth-order valence-corrected chi connectivity index (χ4v) is 11.5. The van der Waals surface area contributed by atoms with Crippen molar-refractivity contribution in [2.75, 3.05) is 0 Å². The number of thiol groups is 1. The zero-order chi connectivity index (χ0) is 23.2. The van der Waals surface area contributed by atoms with Gasteiger partial charge in [-0.2, -0.15) is 15.0 Å². The SMILES string of the molecule is O=C=Nc1ccccc1[SH](c1ccccc1N=C=O)(c1ccccc1N=C=O)=P(O)(O)O. The highest BCUT2D eigenvalue weighted by Crippen LogP contribution is 2.61. The summed E-state index contributed by atoms with van der Waals surface area (Å²) in [7, 11) is -3.98. The molecule has 0 saturated carbocycles. The standard InChI is InChI=1S/C21H16N3O6PS/c25-13-22-16-7-1-4-10-19(16)32(31(28,29)30,20-11-5-2-8-17(20)23-14-26)21-12-6-3-9-18(21)24-15-27/h1-12,28-30,32H. The number of isocyanates is 3. The van der Waals surface area contributed by atoms with Crippen molar-refractivity contribution in [3.8, 4) is 0 Å². The van der Waals surface area contributed by atoms with Crippen molar-refractivity contribution in [3.05, 3.63) is 72.8 Å². The van der Waals surface area contributed by atoms with Crippen molar-refractivity contribution in [2.45, 2.75) is 14.7 Å². The third-order valence-electron chi connectivity index (χ3n) is 4.59. The van der Waals surface area contributed by atoms with Crippen LogP contribution in [0.5, 0.6) is 0 Å². The molecular weight excluding hydrogens is 453 g/mol. The molecule has 32 heavy (non-hydrogen) atoms. The van der Waals surface area contributed by atoms with Gasteiger partial charge in [0.1, 0.15) is 0 Å². The lowest BCUT2D eigenvalue weighted by molar-refractivity contribution is 0.362. The number of aliphatic imine (C=N–C) groups is 3. The van der Waals surface area contributed by atoms with Crippen molar-refractivity contribution in [3.63, 3.8) is 0 Å². The Morgan fingerprint density at radius 1 is 0.562 bits per heavy atom. The third-order valence-corrected chi connectivity index (χ3v) is 13.0. The molecule has 0 atom stereocenters. The number of nitrogens with zero attached hydrogens (tertiary/aromatic N) is 3. The molecule has 0 amide bonds. The zero-order valence-corrected chi connectivity index (χ0v) is 18.0. The number of carbonyl (C=O) groups excluding carboxylic acids is 3. The van der Waals surface area contributed by atoms with Gasteiger partial charge in [-0.05, 0) is 36.4 Å². The van der Waals surface area contributed by atoms with Crippen molar-refractivity contribution in [2.24, 2.45) is 15.0 Å². The summed E-state index contributed by atoms with van der Waals surface area (Å²) in [6.07, 6.45) is 4.26. The molecule has 11 heteroatoms. The molecule has 3 rings (SSSR count). The van der Waals surface area contributed by atoms with Gasteiger partial charge in [-0.25, -0.2) is 14.4 Å². The van der Waals surface area contributed by atoms with Crippen LogP contribution < -0.4 is 0 Å². The highest BCUT2D eigenvalue weighted by atomic mass is 32.6. The summed E-state index contributed by atoms with van der Waals surface area (Å²) in [5.74, 6) is 0. The molecule has 3 aromatic rings. The van der Waals surface area contributed by atoms with Crippen molar-refractivity contribution in [1.29, 1.82) is 0 Å². The van der Waals surface area contributed by atoms with E-state index in [-0.39, 0.29) is 31.7 Å². The van der Waals surface area contributed by atoms with E-state index in [2.05, 4.69) is 15.0 Å². The molecule has 0 bridgehead atoms. The average Bonchev–Trinajstić information content (AvgIpc) is 2.77. The van der Waals surface area contributed by atoms with Crippen LogP contribution in [0.25, 0.3) is 0 Å². The molecule has 0 saturated heterocycles. The maximum atomic E-state index is 11.1. The van der Waals surface area contributed by atoms with Crippen LogP contribution in [-0.4, -0.2) is 32.9 Å². The highest BCUT2D eigenvalue weighted by Gasteiger charge is 2.36.